The summed E-state index contributed by atoms with van der Waals surface area (Å²) < 4.78 is 5.12. The lowest BCUT2D eigenvalue weighted by Crippen LogP contribution is -2.11. The highest BCUT2D eigenvalue weighted by atomic mass is 16.5. The van der Waals surface area contributed by atoms with Gasteiger partial charge >= 0.3 is 5.97 Å². The number of anilines is 2. The van der Waals surface area contributed by atoms with Crippen molar-refractivity contribution in [2.45, 2.75) is 26.4 Å². The molecule has 1 heterocycles. The number of rotatable bonds is 4. The number of nitrogens with two attached hydrogens (primary N) is 2. The van der Waals surface area contributed by atoms with Gasteiger partial charge in [0.2, 0.25) is 11.9 Å². The van der Waals surface area contributed by atoms with Crippen molar-refractivity contribution in [3.8, 4) is 0 Å². The van der Waals surface area contributed by atoms with Gasteiger partial charge in [0, 0.05) is 0 Å². The molecule has 7 nitrogen and oxygen atoms in total. The first-order valence-corrected chi connectivity index (χ1v) is 6.48. The fraction of sp³-hybridized carbons (Fsp3) is 0.286. The zero-order valence-electron chi connectivity index (χ0n) is 11.9. The first-order valence-electron chi connectivity index (χ1n) is 6.48. The van der Waals surface area contributed by atoms with Crippen molar-refractivity contribution in [2.75, 3.05) is 11.5 Å². The Labute approximate surface area is 122 Å². The van der Waals surface area contributed by atoms with Gasteiger partial charge in [-0.25, -0.2) is 4.79 Å². The Kier molecular flexibility index (Phi) is 4.32. The highest BCUT2D eigenvalue weighted by Crippen LogP contribution is 2.15. The number of ether oxygens (including phenoxy) is 1. The smallest absolute Gasteiger partial charge is 0.338 e. The van der Waals surface area contributed by atoms with Gasteiger partial charge in [-0.15, -0.1) is 0 Å². The lowest BCUT2D eigenvalue weighted by molar-refractivity contribution is 0.0462. The monoisotopic (exact) mass is 287 g/mol. The predicted octanol–water partition coefficient (Wildman–Crippen LogP) is 1.52. The minimum atomic E-state index is -0.456. The number of aromatic nitrogens is 3. The summed E-state index contributed by atoms with van der Waals surface area (Å²) in [5.74, 6) is 0.158. The van der Waals surface area contributed by atoms with Crippen LogP contribution in [-0.2, 0) is 11.3 Å². The molecule has 0 unspecified atom stereocenters. The zero-order valence-corrected chi connectivity index (χ0v) is 11.9. The summed E-state index contributed by atoms with van der Waals surface area (Å²) >= 11 is 0. The van der Waals surface area contributed by atoms with E-state index in [-0.39, 0.29) is 24.3 Å². The SMILES string of the molecule is CC(C)c1ccc(C(=O)OCc2nc(N)nc(N)n2)cc1. The Morgan fingerprint density at radius 1 is 1.10 bits per heavy atom. The Morgan fingerprint density at radius 2 is 1.67 bits per heavy atom. The quantitative estimate of drug-likeness (QED) is 0.818. The summed E-state index contributed by atoms with van der Waals surface area (Å²) in [5, 5.41) is 0. The summed E-state index contributed by atoms with van der Waals surface area (Å²) in [4.78, 5) is 23.2. The van der Waals surface area contributed by atoms with E-state index in [4.69, 9.17) is 16.2 Å². The molecule has 1 aromatic heterocycles. The van der Waals surface area contributed by atoms with Crippen LogP contribution in [-0.4, -0.2) is 20.9 Å². The number of carbonyl (C=O) groups excluding carboxylic acids is 1. The van der Waals surface area contributed by atoms with E-state index in [1.807, 2.05) is 12.1 Å². The van der Waals surface area contributed by atoms with Crippen LogP contribution < -0.4 is 11.5 Å². The van der Waals surface area contributed by atoms with Gasteiger partial charge in [-0.1, -0.05) is 26.0 Å². The number of esters is 1. The van der Waals surface area contributed by atoms with E-state index in [0.29, 0.717) is 11.5 Å². The average Bonchev–Trinajstić information content (AvgIpc) is 2.44. The Hall–Kier alpha value is -2.70. The number of carbonyl (C=O) groups is 1. The van der Waals surface area contributed by atoms with Crippen molar-refractivity contribution in [3.05, 3.63) is 41.2 Å². The van der Waals surface area contributed by atoms with Gasteiger partial charge in [-0.3, -0.25) is 0 Å². The van der Waals surface area contributed by atoms with Crippen molar-refractivity contribution >= 4 is 17.9 Å². The van der Waals surface area contributed by atoms with Crippen LogP contribution >= 0.6 is 0 Å². The van der Waals surface area contributed by atoms with Gasteiger partial charge in [0.15, 0.2) is 12.4 Å². The lowest BCUT2D eigenvalue weighted by atomic mass is 10.0. The maximum absolute atomic E-state index is 11.9. The first-order chi connectivity index (χ1) is 9.95. The minimum Gasteiger partial charge on any atom is -0.454 e. The van der Waals surface area contributed by atoms with Crippen LogP contribution in [0.15, 0.2) is 24.3 Å². The van der Waals surface area contributed by atoms with Gasteiger partial charge in [0.25, 0.3) is 0 Å². The molecule has 0 aliphatic carbocycles. The summed E-state index contributed by atoms with van der Waals surface area (Å²) in [5.41, 5.74) is 12.5. The third kappa shape index (κ3) is 3.88. The number of hydrogen-bond donors (Lipinski definition) is 2. The maximum Gasteiger partial charge on any atom is 0.338 e. The molecule has 2 aromatic rings. The molecule has 0 atom stereocenters. The van der Waals surface area contributed by atoms with E-state index in [1.165, 1.54) is 0 Å². The molecule has 0 saturated heterocycles. The molecule has 110 valence electrons. The van der Waals surface area contributed by atoms with E-state index in [9.17, 15) is 4.79 Å². The summed E-state index contributed by atoms with van der Waals surface area (Å²) in [6, 6.07) is 7.27. The molecule has 2 rings (SSSR count). The largest absolute Gasteiger partial charge is 0.454 e. The normalized spacial score (nSPS) is 10.6. The predicted molar refractivity (Wildman–Crippen MR) is 78.3 cm³/mol. The van der Waals surface area contributed by atoms with Crippen LogP contribution in [0.2, 0.25) is 0 Å². The molecule has 4 N–H and O–H groups in total. The van der Waals surface area contributed by atoms with Crippen LogP contribution in [0.1, 0.15) is 41.5 Å². The van der Waals surface area contributed by atoms with Crippen LogP contribution in [0.3, 0.4) is 0 Å². The number of nitrogen functional groups attached to an aromatic ring is 2. The van der Waals surface area contributed by atoms with Crippen LogP contribution in [0.4, 0.5) is 11.9 Å². The van der Waals surface area contributed by atoms with Gasteiger partial charge < -0.3 is 16.2 Å². The fourth-order valence-electron chi connectivity index (χ4n) is 1.74. The highest BCUT2D eigenvalue weighted by molar-refractivity contribution is 5.89. The molecule has 21 heavy (non-hydrogen) atoms. The van der Waals surface area contributed by atoms with Gasteiger partial charge in [-0.2, -0.15) is 15.0 Å². The van der Waals surface area contributed by atoms with Crippen LogP contribution in [0.5, 0.6) is 0 Å². The number of hydrogen-bond acceptors (Lipinski definition) is 7. The molecule has 1 aromatic carbocycles. The van der Waals surface area contributed by atoms with Crippen molar-refractivity contribution < 1.29 is 9.53 Å². The standard InChI is InChI=1S/C14H17N5O2/c1-8(2)9-3-5-10(6-4-9)12(20)21-7-11-17-13(15)19-14(16)18-11/h3-6,8H,7H2,1-2H3,(H4,15,16,17,18,19). The average molecular weight is 287 g/mol. The van der Waals surface area contributed by atoms with E-state index in [0.717, 1.165) is 5.56 Å². The van der Waals surface area contributed by atoms with Crippen molar-refractivity contribution in [3.63, 3.8) is 0 Å². The van der Waals surface area contributed by atoms with Crippen molar-refractivity contribution in [1.82, 2.24) is 15.0 Å². The number of benzene rings is 1. The summed E-state index contributed by atoms with van der Waals surface area (Å²) in [7, 11) is 0. The molecule has 0 bridgehead atoms. The molecule has 0 radical (unpaired) electrons. The lowest BCUT2D eigenvalue weighted by Gasteiger charge is -2.07. The third-order valence-electron chi connectivity index (χ3n) is 2.86. The molecule has 0 amide bonds. The first kappa shape index (κ1) is 14.7. The van der Waals surface area contributed by atoms with E-state index >= 15 is 0 Å². The van der Waals surface area contributed by atoms with Crippen LogP contribution in [0.25, 0.3) is 0 Å². The van der Waals surface area contributed by atoms with Crippen LogP contribution in [0, 0.1) is 0 Å². The van der Waals surface area contributed by atoms with Gasteiger partial charge in [0.1, 0.15) is 0 Å². The van der Waals surface area contributed by atoms with Crippen molar-refractivity contribution in [2.24, 2.45) is 0 Å². The van der Waals surface area contributed by atoms with Crippen molar-refractivity contribution in [1.29, 1.82) is 0 Å². The second kappa shape index (κ2) is 6.17. The summed E-state index contributed by atoms with van der Waals surface area (Å²) in [6.07, 6.45) is 0. The Morgan fingerprint density at radius 3 is 2.19 bits per heavy atom. The molecule has 0 aliphatic heterocycles. The van der Waals surface area contributed by atoms with E-state index in [1.54, 1.807) is 12.1 Å². The fourth-order valence-corrected chi connectivity index (χ4v) is 1.74. The zero-order chi connectivity index (χ0) is 15.4. The molecule has 0 fully saturated rings. The van der Waals surface area contributed by atoms with Gasteiger partial charge in [-0.05, 0) is 23.6 Å². The molecule has 0 spiro atoms. The topological polar surface area (TPSA) is 117 Å². The summed E-state index contributed by atoms with van der Waals surface area (Å²) in [6.45, 7) is 4.06. The Balaban J connectivity index is 2.01. The molecular weight excluding hydrogens is 270 g/mol. The molecule has 0 saturated carbocycles. The van der Waals surface area contributed by atoms with Gasteiger partial charge in [0.05, 0.1) is 5.56 Å². The molecule has 7 heteroatoms. The second-order valence-electron chi connectivity index (χ2n) is 4.82. The molecular formula is C14H17N5O2. The second-order valence-corrected chi connectivity index (χ2v) is 4.82. The van der Waals surface area contributed by atoms with E-state index in [2.05, 4.69) is 28.8 Å². The highest BCUT2D eigenvalue weighted by Gasteiger charge is 2.10. The third-order valence-corrected chi connectivity index (χ3v) is 2.86. The minimum absolute atomic E-state index is 0.00478. The number of nitrogens with zero attached hydrogens (tertiary/aromatic N) is 3. The molecule has 0 aliphatic rings. The maximum atomic E-state index is 11.9. The van der Waals surface area contributed by atoms with E-state index < -0.39 is 5.97 Å². The Bertz CT molecular complexity index is 620.